The van der Waals surface area contributed by atoms with Crippen molar-refractivity contribution in [3.63, 3.8) is 0 Å². The average molecular weight is 246 g/mol. The van der Waals surface area contributed by atoms with Crippen LogP contribution in [0.1, 0.15) is 38.2 Å². The van der Waals surface area contributed by atoms with Gasteiger partial charge in [0.2, 0.25) is 0 Å². The lowest BCUT2D eigenvalue weighted by Gasteiger charge is -2.27. The van der Waals surface area contributed by atoms with Gasteiger partial charge in [0, 0.05) is 12.5 Å². The maximum atomic E-state index is 13.1. The van der Waals surface area contributed by atoms with E-state index in [-0.39, 0.29) is 5.82 Å². The molecule has 1 aromatic rings. The number of hydrogen-bond donors (Lipinski definition) is 1. The first-order valence-electron chi connectivity index (χ1n) is 6.55. The topological polar surface area (TPSA) is 35.8 Å². The Labute approximate surface area is 108 Å². The van der Waals surface area contributed by atoms with Crippen molar-refractivity contribution in [2.75, 3.05) is 0 Å². The van der Waals surface area contributed by atoms with Gasteiger partial charge in [-0.05, 0) is 37.5 Å². The summed E-state index contributed by atoms with van der Waals surface area (Å²) in [5.74, 6) is -0.242. The van der Waals surface area contributed by atoms with E-state index in [1.54, 1.807) is 6.07 Å². The van der Waals surface area contributed by atoms with Gasteiger partial charge in [-0.25, -0.2) is 4.39 Å². The van der Waals surface area contributed by atoms with Gasteiger partial charge in [0.15, 0.2) is 0 Å². The number of halogens is 1. The third-order valence-corrected chi connectivity index (χ3v) is 3.57. The van der Waals surface area contributed by atoms with Crippen LogP contribution in [-0.2, 0) is 6.42 Å². The van der Waals surface area contributed by atoms with Gasteiger partial charge in [0.05, 0.1) is 6.07 Å². The molecule has 2 nitrogen and oxygen atoms in total. The number of rotatable bonds is 4. The number of hydrogen-bond acceptors (Lipinski definition) is 2. The molecule has 0 spiro atoms. The van der Waals surface area contributed by atoms with Gasteiger partial charge < -0.3 is 0 Å². The van der Waals surface area contributed by atoms with Crippen molar-refractivity contribution in [2.45, 2.75) is 50.6 Å². The molecule has 0 heterocycles. The summed E-state index contributed by atoms with van der Waals surface area (Å²) in [6, 6.07) is 9.27. The average Bonchev–Trinajstić information content (AvgIpc) is 2.81. The molecule has 18 heavy (non-hydrogen) atoms. The highest BCUT2D eigenvalue weighted by Gasteiger charge is 2.28. The van der Waals surface area contributed by atoms with Crippen LogP contribution in [0.3, 0.4) is 0 Å². The minimum Gasteiger partial charge on any atom is -0.297 e. The summed E-state index contributed by atoms with van der Waals surface area (Å²) in [5, 5.41) is 12.8. The molecule has 0 radical (unpaired) electrons. The van der Waals surface area contributed by atoms with Gasteiger partial charge in [0.1, 0.15) is 11.4 Å². The Morgan fingerprint density at radius 1 is 1.44 bits per heavy atom. The zero-order valence-corrected chi connectivity index (χ0v) is 10.7. The summed E-state index contributed by atoms with van der Waals surface area (Å²) in [7, 11) is 0. The van der Waals surface area contributed by atoms with Crippen molar-refractivity contribution >= 4 is 0 Å². The van der Waals surface area contributed by atoms with Crippen LogP contribution in [0.5, 0.6) is 0 Å². The summed E-state index contributed by atoms with van der Waals surface area (Å²) in [4.78, 5) is 0. The van der Waals surface area contributed by atoms with Gasteiger partial charge in [0.25, 0.3) is 0 Å². The first-order valence-corrected chi connectivity index (χ1v) is 6.55. The van der Waals surface area contributed by atoms with E-state index in [4.69, 9.17) is 0 Å². The summed E-state index contributed by atoms with van der Waals surface area (Å²) < 4.78 is 13.1. The van der Waals surface area contributed by atoms with Crippen LogP contribution in [0.4, 0.5) is 4.39 Å². The molecule has 1 fully saturated rings. The van der Waals surface area contributed by atoms with Crippen LogP contribution in [0, 0.1) is 17.1 Å². The molecule has 1 aromatic carbocycles. The van der Waals surface area contributed by atoms with Crippen LogP contribution in [-0.4, -0.2) is 11.6 Å². The van der Waals surface area contributed by atoms with Gasteiger partial charge in [-0.15, -0.1) is 0 Å². The normalized spacial score (nSPS) is 19.4. The van der Waals surface area contributed by atoms with E-state index in [1.165, 1.54) is 25.0 Å². The predicted octanol–water partition coefficient (Wildman–Crippen LogP) is 3.18. The van der Waals surface area contributed by atoms with Gasteiger partial charge >= 0.3 is 0 Å². The Balaban J connectivity index is 2.05. The summed E-state index contributed by atoms with van der Waals surface area (Å²) in [6.07, 6.45) is 5.29. The highest BCUT2D eigenvalue weighted by Crippen LogP contribution is 2.22. The second-order valence-corrected chi connectivity index (χ2v) is 5.38. The molecular formula is C15H19FN2. The molecule has 3 heteroatoms. The van der Waals surface area contributed by atoms with E-state index in [2.05, 4.69) is 11.4 Å². The van der Waals surface area contributed by atoms with E-state index in [1.807, 2.05) is 13.0 Å². The molecule has 1 aliphatic carbocycles. The molecule has 96 valence electrons. The Morgan fingerprint density at radius 3 is 2.78 bits per heavy atom. The standard InChI is InChI=1S/C15H19FN2/c1-15(11-17,18-14-7-2-3-8-14)10-12-5-4-6-13(16)9-12/h4-6,9,14,18H,2-3,7-8,10H2,1H3. The molecule has 1 atom stereocenters. The molecule has 0 aliphatic heterocycles. The summed E-state index contributed by atoms with van der Waals surface area (Å²) >= 11 is 0. The van der Waals surface area contributed by atoms with E-state index in [9.17, 15) is 9.65 Å². The lowest BCUT2D eigenvalue weighted by atomic mass is 9.93. The van der Waals surface area contributed by atoms with Crippen LogP contribution >= 0.6 is 0 Å². The molecule has 2 rings (SSSR count). The fourth-order valence-corrected chi connectivity index (χ4v) is 2.70. The largest absolute Gasteiger partial charge is 0.297 e. The fourth-order valence-electron chi connectivity index (χ4n) is 2.70. The van der Waals surface area contributed by atoms with Gasteiger partial charge in [-0.1, -0.05) is 25.0 Å². The number of nitrogens with zero attached hydrogens (tertiary/aromatic N) is 1. The Hall–Kier alpha value is -1.40. The van der Waals surface area contributed by atoms with Gasteiger partial charge in [-0.3, -0.25) is 5.32 Å². The number of nitrogens with one attached hydrogen (secondary N) is 1. The molecule has 0 amide bonds. The Kier molecular flexibility index (Phi) is 3.98. The van der Waals surface area contributed by atoms with E-state index >= 15 is 0 Å². The number of benzene rings is 1. The zero-order chi connectivity index (χ0) is 13.0. The third-order valence-electron chi connectivity index (χ3n) is 3.57. The molecule has 0 saturated heterocycles. The SMILES string of the molecule is CC(C#N)(Cc1cccc(F)c1)NC1CCCC1. The van der Waals surface area contributed by atoms with Crippen LogP contribution < -0.4 is 5.32 Å². The van der Waals surface area contributed by atoms with Crippen molar-refractivity contribution in [1.29, 1.82) is 5.26 Å². The van der Waals surface area contributed by atoms with E-state index in [0.717, 1.165) is 18.4 Å². The second-order valence-electron chi connectivity index (χ2n) is 5.38. The molecule has 0 aromatic heterocycles. The quantitative estimate of drug-likeness (QED) is 0.885. The van der Waals surface area contributed by atoms with Gasteiger partial charge in [-0.2, -0.15) is 5.26 Å². The highest BCUT2D eigenvalue weighted by molar-refractivity contribution is 5.22. The second kappa shape index (κ2) is 5.49. The minimum atomic E-state index is -0.608. The molecule has 1 aliphatic rings. The summed E-state index contributed by atoms with van der Waals surface area (Å²) in [5.41, 5.74) is 0.257. The van der Waals surface area contributed by atoms with Crippen molar-refractivity contribution in [3.05, 3.63) is 35.6 Å². The first-order chi connectivity index (χ1) is 8.61. The van der Waals surface area contributed by atoms with Crippen molar-refractivity contribution in [1.82, 2.24) is 5.32 Å². The lowest BCUT2D eigenvalue weighted by molar-refractivity contribution is 0.376. The van der Waals surface area contributed by atoms with Crippen molar-refractivity contribution in [3.8, 4) is 6.07 Å². The molecule has 1 saturated carbocycles. The lowest BCUT2D eigenvalue weighted by Crippen LogP contribution is -2.47. The van der Waals surface area contributed by atoms with Crippen LogP contribution in [0.25, 0.3) is 0 Å². The molecule has 1 unspecified atom stereocenters. The smallest absolute Gasteiger partial charge is 0.123 e. The van der Waals surface area contributed by atoms with Crippen molar-refractivity contribution < 1.29 is 4.39 Å². The Bertz CT molecular complexity index is 446. The van der Waals surface area contributed by atoms with E-state index in [0.29, 0.717) is 12.5 Å². The molecule has 1 N–H and O–H groups in total. The highest BCUT2D eigenvalue weighted by atomic mass is 19.1. The van der Waals surface area contributed by atoms with E-state index < -0.39 is 5.54 Å². The minimum absolute atomic E-state index is 0.242. The third kappa shape index (κ3) is 3.30. The fraction of sp³-hybridized carbons (Fsp3) is 0.533. The van der Waals surface area contributed by atoms with Crippen LogP contribution in [0.2, 0.25) is 0 Å². The van der Waals surface area contributed by atoms with Crippen LogP contribution in [0.15, 0.2) is 24.3 Å². The first kappa shape index (κ1) is 13.0. The Morgan fingerprint density at radius 2 is 2.17 bits per heavy atom. The maximum absolute atomic E-state index is 13.1. The monoisotopic (exact) mass is 246 g/mol. The summed E-state index contributed by atoms with van der Waals surface area (Å²) in [6.45, 7) is 1.90. The maximum Gasteiger partial charge on any atom is 0.123 e. The molecular weight excluding hydrogens is 227 g/mol. The number of nitriles is 1. The predicted molar refractivity (Wildman–Crippen MR) is 69.5 cm³/mol. The molecule has 0 bridgehead atoms. The zero-order valence-electron chi connectivity index (χ0n) is 10.7. The van der Waals surface area contributed by atoms with Crippen molar-refractivity contribution in [2.24, 2.45) is 0 Å².